The highest BCUT2D eigenvalue weighted by atomic mass is 19.4. The molecule has 0 bridgehead atoms. The zero-order valence-electron chi connectivity index (χ0n) is 19.6. The molecule has 0 radical (unpaired) electrons. The van der Waals surface area contributed by atoms with Gasteiger partial charge < -0.3 is 25.6 Å². The van der Waals surface area contributed by atoms with Crippen molar-refractivity contribution in [2.75, 3.05) is 49.9 Å². The van der Waals surface area contributed by atoms with Gasteiger partial charge in [-0.15, -0.1) is 13.2 Å². The van der Waals surface area contributed by atoms with Gasteiger partial charge in [0.05, 0.1) is 16.8 Å². The van der Waals surface area contributed by atoms with Gasteiger partial charge >= 0.3 is 6.36 Å². The van der Waals surface area contributed by atoms with Gasteiger partial charge in [0.25, 0.3) is 5.91 Å². The molecule has 2 aromatic carbocycles. The largest absolute Gasteiger partial charge is 0.573 e. The molecule has 0 unspecified atom stereocenters. The highest BCUT2D eigenvalue weighted by Crippen LogP contribution is 2.34. The number of carbonyl (C=O) groups excluding carboxylic acids is 1. The predicted octanol–water partition coefficient (Wildman–Crippen LogP) is 3.54. The smallest absolute Gasteiger partial charge is 0.406 e. The summed E-state index contributed by atoms with van der Waals surface area (Å²) in [4.78, 5) is 26.1. The summed E-state index contributed by atoms with van der Waals surface area (Å²) in [7, 11) is 0. The van der Waals surface area contributed by atoms with Crippen LogP contribution in [0.4, 0.5) is 24.5 Å². The number of piperidine rings is 1. The second-order valence-corrected chi connectivity index (χ2v) is 9.06. The summed E-state index contributed by atoms with van der Waals surface area (Å²) in [6.07, 6.45) is -1.79. The third kappa shape index (κ3) is 5.15. The minimum absolute atomic E-state index is 0.0500. The molecule has 8 nitrogen and oxygen atoms in total. The van der Waals surface area contributed by atoms with Crippen molar-refractivity contribution in [3.8, 4) is 5.75 Å². The van der Waals surface area contributed by atoms with E-state index in [1.807, 2.05) is 0 Å². The topological polar surface area (TPSA) is 96.6 Å². The van der Waals surface area contributed by atoms with Gasteiger partial charge in [-0.2, -0.15) is 0 Å². The standard InChI is InChI=1S/C25H27F3N6O2/c26-25(27,28)36-18-2-4-19(21(29)14-18)24(35)34-9-5-16(6-10-34)23-20-3-1-17(13-22(20)31-15-32-23)33-11-7-30-8-12-33/h1-4,13-16,30H,5-12,29H2. The third-order valence-electron chi connectivity index (χ3n) is 6.79. The number of rotatable bonds is 4. The monoisotopic (exact) mass is 500 g/mol. The van der Waals surface area contributed by atoms with Crippen LogP contribution in [0.3, 0.4) is 0 Å². The van der Waals surface area contributed by atoms with Crippen LogP contribution in [-0.2, 0) is 0 Å². The van der Waals surface area contributed by atoms with Crippen molar-refractivity contribution in [1.29, 1.82) is 0 Å². The van der Waals surface area contributed by atoms with E-state index in [0.717, 1.165) is 60.6 Å². The number of aromatic nitrogens is 2. The van der Waals surface area contributed by atoms with Crippen molar-refractivity contribution in [2.45, 2.75) is 25.1 Å². The molecule has 5 rings (SSSR count). The molecule has 2 aliphatic heterocycles. The van der Waals surface area contributed by atoms with E-state index in [1.54, 1.807) is 11.2 Å². The van der Waals surface area contributed by atoms with Gasteiger partial charge in [-0.1, -0.05) is 0 Å². The fourth-order valence-electron chi connectivity index (χ4n) is 4.97. The highest BCUT2D eigenvalue weighted by Gasteiger charge is 2.32. The van der Waals surface area contributed by atoms with Gasteiger partial charge in [-0.05, 0) is 43.2 Å². The van der Waals surface area contributed by atoms with Crippen LogP contribution >= 0.6 is 0 Å². The Morgan fingerprint density at radius 1 is 1.03 bits per heavy atom. The molecule has 1 amide bonds. The van der Waals surface area contributed by atoms with E-state index < -0.39 is 12.1 Å². The van der Waals surface area contributed by atoms with Crippen molar-refractivity contribution in [1.82, 2.24) is 20.2 Å². The second-order valence-electron chi connectivity index (χ2n) is 9.06. The van der Waals surface area contributed by atoms with Crippen LogP contribution in [0.1, 0.15) is 34.8 Å². The Bertz CT molecular complexity index is 1250. The van der Waals surface area contributed by atoms with Crippen LogP contribution in [0.2, 0.25) is 0 Å². The maximum absolute atomic E-state index is 13.0. The Balaban J connectivity index is 1.27. The second kappa shape index (κ2) is 9.81. The Morgan fingerprint density at radius 2 is 1.78 bits per heavy atom. The number of halogens is 3. The van der Waals surface area contributed by atoms with Gasteiger partial charge in [0.2, 0.25) is 0 Å². The van der Waals surface area contributed by atoms with E-state index >= 15 is 0 Å². The third-order valence-corrected chi connectivity index (χ3v) is 6.79. The van der Waals surface area contributed by atoms with Gasteiger partial charge in [0.1, 0.15) is 12.1 Å². The predicted molar refractivity (Wildman–Crippen MR) is 130 cm³/mol. The van der Waals surface area contributed by atoms with Crippen LogP contribution < -0.4 is 20.7 Å². The number of hydrogen-bond acceptors (Lipinski definition) is 7. The maximum Gasteiger partial charge on any atom is 0.573 e. The average molecular weight is 501 g/mol. The molecule has 0 atom stereocenters. The minimum Gasteiger partial charge on any atom is -0.406 e. The van der Waals surface area contributed by atoms with E-state index in [-0.39, 0.29) is 23.1 Å². The Morgan fingerprint density at radius 3 is 2.47 bits per heavy atom. The van der Waals surface area contributed by atoms with Crippen LogP contribution in [0.5, 0.6) is 5.75 Å². The van der Waals surface area contributed by atoms with Gasteiger partial charge in [-0.3, -0.25) is 4.79 Å². The molecule has 1 aromatic heterocycles. The fraction of sp³-hybridized carbons (Fsp3) is 0.400. The number of piperazine rings is 1. The molecule has 3 N–H and O–H groups in total. The quantitative estimate of drug-likeness (QED) is 0.529. The molecule has 3 heterocycles. The average Bonchev–Trinajstić information content (AvgIpc) is 2.87. The van der Waals surface area contributed by atoms with Gasteiger partial charge in [0.15, 0.2) is 0 Å². The summed E-state index contributed by atoms with van der Waals surface area (Å²) in [6, 6.07) is 9.72. The molecule has 0 aliphatic carbocycles. The molecular formula is C25H27F3N6O2. The molecular weight excluding hydrogens is 473 g/mol. The Labute approximate surface area is 206 Å². The lowest BCUT2D eigenvalue weighted by Crippen LogP contribution is -2.43. The molecule has 36 heavy (non-hydrogen) atoms. The molecule has 0 spiro atoms. The number of benzene rings is 2. The van der Waals surface area contributed by atoms with Crippen LogP contribution in [0.25, 0.3) is 10.9 Å². The van der Waals surface area contributed by atoms with Crippen molar-refractivity contribution in [2.24, 2.45) is 0 Å². The zero-order chi connectivity index (χ0) is 25.3. The Hall–Kier alpha value is -3.60. The van der Waals surface area contributed by atoms with Crippen molar-refractivity contribution >= 4 is 28.2 Å². The first-order valence-electron chi connectivity index (χ1n) is 11.9. The first-order chi connectivity index (χ1) is 17.3. The first-order valence-corrected chi connectivity index (χ1v) is 11.9. The molecule has 3 aromatic rings. The van der Waals surface area contributed by atoms with Gasteiger partial charge in [-0.25, -0.2) is 9.97 Å². The van der Waals surface area contributed by atoms with E-state index in [9.17, 15) is 18.0 Å². The number of nitrogens with zero attached hydrogens (tertiary/aromatic N) is 4. The van der Waals surface area contributed by atoms with Crippen molar-refractivity contribution in [3.05, 3.63) is 54.0 Å². The zero-order valence-corrected chi connectivity index (χ0v) is 19.6. The number of hydrogen-bond donors (Lipinski definition) is 2. The SMILES string of the molecule is Nc1cc(OC(F)(F)F)ccc1C(=O)N1CCC(c2ncnc3cc(N4CCNCC4)ccc23)CC1. The van der Waals surface area contributed by atoms with Crippen molar-refractivity contribution < 1.29 is 22.7 Å². The summed E-state index contributed by atoms with van der Waals surface area (Å²) in [5.41, 5.74) is 9.02. The lowest BCUT2D eigenvalue weighted by Gasteiger charge is -2.32. The van der Waals surface area contributed by atoms with E-state index in [1.165, 1.54) is 6.07 Å². The molecule has 11 heteroatoms. The maximum atomic E-state index is 13.0. The summed E-state index contributed by atoms with van der Waals surface area (Å²) in [5, 5.41) is 4.38. The summed E-state index contributed by atoms with van der Waals surface area (Å²) >= 11 is 0. The molecule has 0 saturated carbocycles. The Kier molecular flexibility index (Phi) is 6.57. The number of carbonyl (C=O) groups is 1. The number of ether oxygens (including phenoxy) is 1. The molecule has 190 valence electrons. The van der Waals surface area contributed by atoms with Crippen LogP contribution in [-0.4, -0.2) is 66.4 Å². The van der Waals surface area contributed by atoms with E-state index in [4.69, 9.17) is 5.73 Å². The first kappa shape index (κ1) is 24.1. The molecule has 2 aliphatic rings. The number of anilines is 2. The molecule has 2 fully saturated rings. The summed E-state index contributed by atoms with van der Waals surface area (Å²) < 4.78 is 41.2. The number of amides is 1. The number of nitrogen functional groups attached to an aromatic ring is 1. The van der Waals surface area contributed by atoms with E-state index in [0.29, 0.717) is 25.9 Å². The highest BCUT2D eigenvalue weighted by molar-refractivity contribution is 5.99. The van der Waals surface area contributed by atoms with Gasteiger partial charge in [0, 0.05) is 68.0 Å². The summed E-state index contributed by atoms with van der Waals surface area (Å²) in [6.45, 7) is 4.82. The number of alkyl halides is 3. The van der Waals surface area contributed by atoms with Crippen LogP contribution in [0, 0.1) is 0 Å². The fourth-order valence-corrected chi connectivity index (χ4v) is 4.97. The number of nitrogens with one attached hydrogen (secondary N) is 1. The summed E-state index contributed by atoms with van der Waals surface area (Å²) in [5.74, 6) is -0.590. The number of fused-ring (bicyclic) bond motifs is 1. The van der Waals surface area contributed by atoms with Crippen molar-refractivity contribution in [3.63, 3.8) is 0 Å². The number of likely N-dealkylation sites (tertiary alicyclic amines) is 1. The lowest BCUT2D eigenvalue weighted by atomic mass is 9.90. The number of nitrogens with two attached hydrogens (primary N) is 1. The minimum atomic E-state index is -4.82. The van der Waals surface area contributed by atoms with Crippen LogP contribution in [0.15, 0.2) is 42.7 Å². The molecule has 2 saturated heterocycles. The normalized spacial score (nSPS) is 17.4. The lowest BCUT2D eigenvalue weighted by molar-refractivity contribution is -0.274. The van der Waals surface area contributed by atoms with E-state index in [2.05, 4.69) is 43.1 Å².